The smallest absolute Gasteiger partial charge is 0.316 e. The van der Waals surface area contributed by atoms with E-state index in [1.807, 2.05) is 60.4 Å². The minimum atomic E-state index is -0.822. The molecule has 7 nitrogen and oxygen atoms in total. The van der Waals surface area contributed by atoms with Gasteiger partial charge in [0.25, 0.3) is 0 Å². The van der Waals surface area contributed by atoms with Crippen LogP contribution in [0.5, 0.6) is 5.75 Å². The second-order valence-corrected chi connectivity index (χ2v) is 9.59. The number of likely N-dealkylation sites (N-methyl/N-ethyl adjacent to an activating group) is 1. The molecule has 200 valence electrons. The average Bonchev–Trinajstić information content (AvgIpc) is 2.94. The Morgan fingerprint density at radius 1 is 0.947 bits per heavy atom. The molecule has 0 N–H and O–H groups in total. The van der Waals surface area contributed by atoms with Gasteiger partial charge < -0.3 is 14.5 Å². The summed E-state index contributed by atoms with van der Waals surface area (Å²) < 4.78 is 5.95. The summed E-state index contributed by atoms with van der Waals surface area (Å²) >= 11 is 0. The maximum Gasteiger partial charge on any atom is 0.316 e. The van der Waals surface area contributed by atoms with Crippen molar-refractivity contribution in [2.45, 2.75) is 45.6 Å². The van der Waals surface area contributed by atoms with Gasteiger partial charge >= 0.3 is 5.91 Å². The summed E-state index contributed by atoms with van der Waals surface area (Å²) in [5.41, 5.74) is 4.22. The third-order valence-corrected chi connectivity index (χ3v) is 6.66. The summed E-state index contributed by atoms with van der Waals surface area (Å²) in [6, 6.07) is 23.1. The fraction of sp³-hybridized carbons (Fsp3) is 0.355. The van der Waals surface area contributed by atoms with Crippen LogP contribution in [0, 0.1) is 4.91 Å². The summed E-state index contributed by atoms with van der Waals surface area (Å²) in [5, 5.41) is 2.60. The van der Waals surface area contributed by atoms with Crippen LogP contribution >= 0.6 is 0 Å². The molecule has 0 aliphatic carbocycles. The molecular formula is C31H37N3O4. The highest BCUT2D eigenvalue weighted by atomic mass is 16.5. The number of benzene rings is 3. The van der Waals surface area contributed by atoms with E-state index in [-0.39, 0.29) is 24.1 Å². The third kappa shape index (κ3) is 7.75. The first-order valence-electron chi connectivity index (χ1n) is 13.1. The Balaban J connectivity index is 1.87. The van der Waals surface area contributed by atoms with Crippen molar-refractivity contribution in [1.29, 1.82) is 0 Å². The van der Waals surface area contributed by atoms with Crippen molar-refractivity contribution in [3.63, 3.8) is 0 Å². The van der Waals surface area contributed by atoms with Gasteiger partial charge in [0, 0.05) is 36.9 Å². The van der Waals surface area contributed by atoms with Gasteiger partial charge in [-0.1, -0.05) is 61.9 Å². The summed E-state index contributed by atoms with van der Waals surface area (Å²) in [6.07, 6.45) is 3.59. The van der Waals surface area contributed by atoms with Crippen molar-refractivity contribution in [2.24, 2.45) is 5.18 Å². The summed E-state index contributed by atoms with van der Waals surface area (Å²) in [4.78, 5) is 39.5. The topological polar surface area (TPSA) is 79.3 Å². The van der Waals surface area contributed by atoms with Crippen molar-refractivity contribution < 1.29 is 14.3 Å². The minimum absolute atomic E-state index is 0.0654. The van der Waals surface area contributed by atoms with Gasteiger partial charge in [-0.2, -0.15) is 0 Å². The molecule has 0 saturated heterocycles. The number of carbonyl (C=O) groups excluding carboxylic acids is 2. The zero-order valence-electron chi connectivity index (χ0n) is 22.7. The van der Waals surface area contributed by atoms with Crippen LogP contribution in [0.3, 0.4) is 0 Å². The zero-order valence-corrected chi connectivity index (χ0v) is 22.7. The molecule has 0 saturated carbocycles. The fourth-order valence-electron chi connectivity index (χ4n) is 4.27. The molecule has 3 aromatic carbocycles. The van der Waals surface area contributed by atoms with Gasteiger partial charge in [-0.05, 0) is 60.7 Å². The first-order valence-corrected chi connectivity index (χ1v) is 13.1. The fourth-order valence-corrected chi connectivity index (χ4v) is 4.27. The van der Waals surface area contributed by atoms with Crippen molar-refractivity contribution in [1.82, 2.24) is 4.90 Å². The van der Waals surface area contributed by atoms with Gasteiger partial charge in [0.05, 0.1) is 19.2 Å². The maximum absolute atomic E-state index is 12.9. The van der Waals surface area contributed by atoms with Crippen LogP contribution in [0.15, 0.2) is 78.0 Å². The Morgan fingerprint density at radius 2 is 1.66 bits per heavy atom. The molecule has 0 heterocycles. The number of nitrogens with zero attached hydrogens (tertiary/aromatic N) is 3. The van der Waals surface area contributed by atoms with Crippen molar-refractivity contribution in [3.05, 3.63) is 100.0 Å². The van der Waals surface area contributed by atoms with Crippen LogP contribution in [-0.2, 0) is 17.6 Å². The number of carbonyl (C=O) groups is 2. The Kier molecular flexibility index (Phi) is 10.6. The van der Waals surface area contributed by atoms with Gasteiger partial charge in [-0.25, -0.2) is 0 Å². The molecule has 3 rings (SSSR count). The van der Waals surface area contributed by atoms with Crippen LogP contribution in [-0.4, -0.2) is 44.0 Å². The molecule has 2 amide bonds. The van der Waals surface area contributed by atoms with Gasteiger partial charge in [-0.15, -0.1) is 4.91 Å². The highest BCUT2D eigenvalue weighted by molar-refractivity contribution is 5.96. The molecule has 0 aliphatic rings. The van der Waals surface area contributed by atoms with E-state index in [0.29, 0.717) is 6.61 Å². The molecule has 0 bridgehead atoms. The molecular weight excluding hydrogens is 478 g/mol. The number of ether oxygens (including phenoxy) is 1. The van der Waals surface area contributed by atoms with E-state index < -0.39 is 5.91 Å². The number of nitroso groups, excluding NO2 is 1. The molecule has 0 spiro atoms. The van der Waals surface area contributed by atoms with Crippen LogP contribution in [0.25, 0.3) is 0 Å². The molecule has 0 aromatic heterocycles. The van der Waals surface area contributed by atoms with E-state index in [9.17, 15) is 14.5 Å². The molecule has 7 heteroatoms. The number of anilines is 1. The SMILES string of the molecule is CCCCc1ccc(C(=O)N=O)cc1N(CC(=O)N(C)C)C(C)c1ccc(OCCc2ccccc2)cc1. The highest BCUT2D eigenvalue weighted by Crippen LogP contribution is 2.33. The van der Waals surface area contributed by atoms with E-state index in [1.165, 1.54) is 5.56 Å². The van der Waals surface area contributed by atoms with Gasteiger partial charge in [0.2, 0.25) is 5.91 Å². The largest absolute Gasteiger partial charge is 0.493 e. The summed E-state index contributed by atoms with van der Waals surface area (Å²) in [6.45, 7) is 4.85. The lowest BCUT2D eigenvalue weighted by Gasteiger charge is -2.34. The Bertz CT molecular complexity index is 1210. The van der Waals surface area contributed by atoms with E-state index in [4.69, 9.17) is 4.74 Å². The quantitative estimate of drug-likeness (QED) is 0.253. The molecule has 0 fully saturated rings. The lowest BCUT2D eigenvalue weighted by Crippen LogP contribution is -2.38. The maximum atomic E-state index is 12.9. The molecule has 1 atom stereocenters. The predicted molar refractivity (Wildman–Crippen MR) is 152 cm³/mol. The molecule has 38 heavy (non-hydrogen) atoms. The average molecular weight is 516 g/mol. The number of aryl methyl sites for hydroxylation is 1. The number of unbranched alkanes of at least 4 members (excludes halogenated alkanes) is 1. The van der Waals surface area contributed by atoms with Crippen LogP contribution < -0.4 is 9.64 Å². The Hall–Kier alpha value is -4.00. The summed E-state index contributed by atoms with van der Waals surface area (Å²) in [5.74, 6) is -0.109. The second-order valence-electron chi connectivity index (χ2n) is 9.59. The van der Waals surface area contributed by atoms with Crippen LogP contribution in [0.4, 0.5) is 5.69 Å². The van der Waals surface area contributed by atoms with Crippen LogP contribution in [0.1, 0.15) is 59.8 Å². The number of amides is 2. The van der Waals surface area contributed by atoms with Gasteiger partial charge in [-0.3, -0.25) is 9.59 Å². The van der Waals surface area contributed by atoms with Crippen molar-refractivity contribution in [2.75, 3.05) is 32.1 Å². The van der Waals surface area contributed by atoms with Gasteiger partial charge in [0.1, 0.15) is 5.75 Å². The first-order chi connectivity index (χ1) is 18.3. The number of hydrogen-bond donors (Lipinski definition) is 0. The van der Waals surface area contributed by atoms with E-state index in [1.54, 1.807) is 31.1 Å². The van der Waals surface area contributed by atoms with Gasteiger partial charge in [0.15, 0.2) is 0 Å². The van der Waals surface area contributed by atoms with E-state index in [0.717, 1.165) is 48.2 Å². The summed E-state index contributed by atoms with van der Waals surface area (Å²) in [7, 11) is 3.45. The van der Waals surface area contributed by atoms with Crippen molar-refractivity contribution in [3.8, 4) is 5.75 Å². The van der Waals surface area contributed by atoms with E-state index in [2.05, 4.69) is 24.2 Å². The predicted octanol–water partition coefficient (Wildman–Crippen LogP) is 6.21. The van der Waals surface area contributed by atoms with Crippen LogP contribution in [0.2, 0.25) is 0 Å². The van der Waals surface area contributed by atoms with Crippen molar-refractivity contribution >= 4 is 17.5 Å². The molecule has 1 unspecified atom stereocenters. The first kappa shape index (κ1) is 28.6. The lowest BCUT2D eigenvalue weighted by molar-refractivity contribution is -0.127. The van der Waals surface area contributed by atoms with E-state index >= 15 is 0 Å². The third-order valence-electron chi connectivity index (χ3n) is 6.66. The molecule has 0 aliphatic heterocycles. The normalized spacial score (nSPS) is 11.5. The number of hydrogen-bond acceptors (Lipinski definition) is 5. The molecule has 0 radical (unpaired) electrons. The second kappa shape index (κ2) is 14.1. The highest BCUT2D eigenvalue weighted by Gasteiger charge is 2.24. The Morgan fingerprint density at radius 3 is 2.29 bits per heavy atom. The number of rotatable bonds is 13. The minimum Gasteiger partial charge on any atom is -0.493 e. The zero-order chi connectivity index (χ0) is 27.5. The lowest BCUT2D eigenvalue weighted by atomic mass is 9.99. The monoisotopic (exact) mass is 515 g/mol. The Labute approximate surface area is 225 Å². The standard InChI is InChI=1S/C31H37N3O4/c1-5-6-12-26-13-14-27(31(36)32-37)21-29(26)34(22-30(35)33(3)4)23(2)25-15-17-28(18-16-25)38-20-19-24-10-8-7-9-11-24/h7-11,13-18,21,23H,5-6,12,19-20,22H2,1-4H3. The molecule has 3 aromatic rings.